The van der Waals surface area contributed by atoms with Gasteiger partial charge in [-0.2, -0.15) is 0 Å². The number of hydrogen-bond acceptors (Lipinski definition) is 4. The molecule has 1 atom stereocenters. The monoisotopic (exact) mass is 310 g/mol. The van der Waals surface area contributed by atoms with E-state index in [1.165, 1.54) is 0 Å². The molecule has 7 heteroatoms. The lowest BCUT2D eigenvalue weighted by Crippen LogP contribution is -2.38. The Morgan fingerprint density at radius 1 is 1.32 bits per heavy atom. The van der Waals surface area contributed by atoms with E-state index in [9.17, 15) is 13.6 Å². The van der Waals surface area contributed by atoms with E-state index in [0.717, 1.165) is 16.9 Å². The Kier molecular flexibility index (Phi) is 3.90. The molecular formula is C15H20F2N4O. The van der Waals surface area contributed by atoms with Crippen molar-refractivity contribution in [3.63, 3.8) is 0 Å². The van der Waals surface area contributed by atoms with Crippen LogP contribution in [0.2, 0.25) is 0 Å². The van der Waals surface area contributed by atoms with E-state index in [4.69, 9.17) is 5.73 Å². The third-order valence-corrected chi connectivity index (χ3v) is 4.12. The number of nitrogens with one attached hydrogen (secondary N) is 3. The zero-order valence-electron chi connectivity index (χ0n) is 12.2. The average molecular weight is 310 g/mol. The Morgan fingerprint density at radius 2 is 2.05 bits per heavy atom. The smallest absolute Gasteiger partial charge is 0.248 e. The average Bonchev–Trinajstić information content (AvgIpc) is 2.85. The summed E-state index contributed by atoms with van der Waals surface area (Å²) < 4.78 is 25.4. The molecule has 1 aliphatic carbocycles. The molecule has 3 rings (SSSR count). The molecule has 1 aromatic carbocycles. The predicted molar refractivity (Wildman–Crippen MR) is 80.7 cm³/mol. The second-order valence-electron chi connectivity index (χ2n) is 6.07. The molecule has 1 aromatic rings. The van der Waals surface area contributed by atoms with Crippen molar-refractivity contribution in [2.24, 2.45) is 11.7 Å². The molecule has 22 heavy (non-hydrogen) atoms. The second-order valence-corrected chi connectivity index (χ2v) is 6.07. The van der Waals surface area contributed by atoms with Gasteiger partial charge in [0.1, 0.15) is 6.17 Å². The third-order valence-electron chi connectivity index (χ3n) is 4.12. The summed E-state index contributed by atoms with van der Waals surface area (Å²) in [5.41, 5.74) is 8.50. The van der Waals surface area contributed by atoms with Gasteiger partial charge in [-0.1, -0.05) is 6.07 Å². The van der Waals surface area contributed by atoms with Crippen LogP contribution in [0.1, 0.15) is 24.8 Å². The number of nitrogens with two attached hydrogens (primary N) is 1. The van der Waals surface area contributed by atoms with Gasteiger partial charge in [0.25, 0.3) is 0 Å². The standard InChI is InChI=1S/C15H20F2N4O/c16-15(17)5-10(6-15)4-14(22)19-8-9-1-2-11-12(3-9)21-13(7-18)20-11/h1-3,10,13,20-21H,4-8,18H2,(H,19,22). The fraction of sp³-hybridized carbons (Fsp3) is 0.533. The number of carbonyl (C=O) groups is 1. The van der Waals surface area contributed by atoms with E-state index in [0.29, 0.717) is 13.1 Å². The zero-order valence-corrected chi connectivity index (χ0v) is 12.2. The maximum absolute atomic E-state index is 12.7. The first kappa shape index (κ1) is 15.0. The topological polar surface area (TPSA) is 79.2 Å². The summed E-state index contributed by atoms with van der Waals surface area (Å²) in [5.74, 6) is -2.93. The lowest BCUT2D eigenvalue weighted by Gasteiger charge is -2.34. The molecular weight excluding hydrogens is 290 g/mol. The quantitative estimate of drug-likeness (QED) is 0.669. The SMILES string of the molecule is NCC1Nc2ccc(CNC(=O)CC3CC(F)(F)C3)cc2N1. The van der Waals surface area contributed by atoms with Crippen molar-refractivity contribution in [3.8, 4) is 0 Å². The van der Waals surface area contributed by atoms with Crippen LogP contribution in [0.15, 0.2) is 18.2 Å². The van der Waals surface area contributed by atoms with Gasteiger partial charge in [-0.15, -0.1) is 0 Å². The van der Waals surface area contributed by atoms with Crippen molar-refractivity contribution in [2.45, 2.75) is 37.9 Å². The minimum absolute atomic E-state index is 0.0279. The Hall–Kier alpha value is -1.89. The molecule has 1 heterocycles. The lowest BCUT2D eigenvalue weighted by molar-refractivity contribution is -0.133. The summed E-state index contributed by atoms with van der Waals surface area (Å²) in [6.07, 6.45) is -0.139. The summed E-state index contributed by atoms with van der Waals surface area (Å²) in [4.78, 5) is 11.8. The largest absolute Gasteiger partial charge is 0.363 e. The van der Waals surface area contributed by atoms with E-state index in [-0.39, 0.29) is 37.3 Å². The van der Waals surface area contributed by atoms with Crippen LogP contribution in [0.5, 0.6) is 0 Å². The molecule has 0 saturated heterocycles. The van der Waals surface area contributed by atoms with Crippen molar-refractivity contribution in [3.05, 3.63) is 23.8 Å². The molecule has 1 amide bonds. The first-order valence-electron chi connectivity index (χ1n) is 7.46. The minimum Gasteiger partial charge on any atom is -0.363 e. The first-order chi connectivity index (χ1) is 10.4. The van der Waals surface area contributed by atoms with Crippen LogP contribution in [0, 0.1) is 5.92 Å². The number of halogens is 2. The molecule has 120 valence electrons. The fourth-order valence-electron chi connectivity index (χ4n) is 2.94. The van der Waals surface area contributed by atoms with E-state index >= 15 is 0 Å². The van der Waals surface area contributed by atoms with Gasteiger partial charge < -0.3 is 21.7 Å². The molecule has 0 bridgehead atoms. The molecule has 5 N–H and O–H groups in total. The van der Waals surface area contributed by atoms with Gasteiger partial charge in [0, 0.05) is 32.4 Å². The van der Waals surface area contributed by atoms with Gasteiger partial charge >= 0.3 is 0 Å². The highest BCUT2D eigenvalue weighted by atomic mass is 19.3. The van der Waals surface area contributed by atoms with Crippen molar-refractivity contribution < 1.29 is 13.6 Å². The number of alkyl halides is 2. The summed E-state index contributed by atoms with van der Waals surface area (Å²) >= 11 is 0. The number of amides is 1. The Labute approximate surface area is 127 Å². The van der Waals surface area contributed by atoms with Gasteiger partial charge in [0.2, 0.25) is 11.8 Å². The number of rotatable bonds is 5. The van der Waals surface area contributed by atoms with E-state index in [1.807, 2.05) is 18.2 Å². The maximum atomic E-state index is 12.7. The van der Waals surface area contributed by atoms with E-state index < -0.39 is 5.92 Å². The van der Waals surface area contributed by atoms with E-state index in [2.05, 4.69) is 16.0 Å². The number of hydrogen-bond donors (Lipinski definition) is 4. The molecule has 1 aliphatic heterocycles. The minimum atomic E-state index is -2.57. The first-order valence-corrected chi connectivity index (χ1v) is 7.46. The van der Waals surface area contributed by atoms with Gasteiger partial charge in [-0.3, -0.25) is 4.79 Å². The normalized spacial score (nSPS) is 22.2. The van der Waals surface area contributed by atoms with Gasteiger partial charge in [-0.25, -0.2) is 8.78 Å². The van der Waals surface area contributed by atoms with Crippen molar-refractivity contribution in [2.75, 3.05) is 17.2 Å². The summed E-state index contributed by atoms with van der Waals surface area (Å²) in [5, 5.41) is 9.26. The van der Waals surface area contributed by atoms with Crippen LogP contribution in [0.4, 0.5) is 20.2 Å². The van der Waals surface area contributed by atoms with Crippen LogP contribution < -0.4 is 21.7 Å². The van der Waals surface area contributed by atoms with Crippen molar-refractivity contribution in [1.29, 1.82) is 0 Å². The summed E-state index contributed by atoms with van der Waals surface area (Å²) in [6, 6.07) is 5.81. The van der Waals surface area contributed by atoms with Crippen molar-refractivity contribution in [1.82, 2.24) is 5.32 Å². The number of anilines is 2. The number of benzene rings is 1. The molecule has 0 spiro atoms. The molecule has 2 aliphatic rings. The lowest BCUT2D eigenvalue weighted by atomic mass is 9.79. The van der Waals surface area contributed by atoms with Crippen LogP contribution in [0.3, 0.4) is 0 Å². The highest BCUT2D eigenvalue weighted by Gasteiger charge is 2.45. The highest BCUT2D eigenvalue weighted by molar-refractivity contribution is 5.77. The van der Waals surface area contributed by atoms with E-state index in [1.54, 1.807) is 0 Å². The predicted octanol–water partition coefficient (Wildman–Crippen LogP) is 1.86. The van der Waals surface area contributed by atoms with Gasteiger partial charge in [-0.05, 0) is 23.6 Å². The van der Waals surface area contributed by atoms with Crippen LogP contribution in [0.25, 0.3) is 0 Å². The molecule has 0 aromatic heterocycles. The number of carbonyl (C=O) groups excluding carboxylic acids is 1. The van der Waals surface area contributed by atoms with Gasteiger partial charge in [0.15, 0.2) is 0 Å². The van der Waals surface area contributed by atoms with Gasteiger partial charge in [0.05, 0.1) is 11.4 Å². The molecule has 1 fully saturated rings. The Balaban J connectivity index is 1.47. The second kappa shape index (κ2) is 5.72. The molecule has 5 nitrogen and oxygen atoms in total. The Bertz CT molecular complexity index is 571. The maximum Gasteiger partial charge on any atom is 0.248 e. The summed E-state index contributed by atoms with van der Waals surface area (Å²) in [7, 11) is 0. The number of fused-ring (bicyclic) bond motifs is 1. The molecule has 0 radical (unpaired) electrons. The Morgan fingerprint density at radius 3 is 2.73 bits per heavy atom. The van der Waals surface area contributed by atoms with Crippen LogP contribution >= 0.6 is 0 Å². The van der Waals surface area contributed by atoms with Crippen LogP contribution in [-0.4, -0.2) is 24.5 Å². The molecule has 1 unspecified atom stereocenters. The fourth-order valence-corrected chi connectivity index (χ4v) is 2.94. The highest BCUT2D eigenvalue weighted by Crippen LogP contribution is 2.43. The summed E-state index contributed by atoms with van der Waals surface area (Å²) in [6.45, 7) is 0.872. The third kappa shape index (κ3) is 3.30. The van der Waals surface area contributed by atoms with Crippen LogP contribution in [-0.2, 0) is 11.3 Å². The van der Waals surface area contributed by atoms with Crippen molar-refractivity contribution >= 4 is 17.3 Å². The zero-order chi connectivity index (χ0) is 15.7. The molecule has 1 saturated carbocycles.